The van der Waals surface area contributed by atoms with Gasteiger partial charge in [-0.1, -0.05) is 0 Å². The first-order valence-electron chi connectivity index (χ1n) is 6.65. The topological polar surface area (TPSA) is 31.4 Å². The Morgan fingerprint density at radius 2 is 2.33 bits per heavy atom. The first kappa shape index (κ1) is 13.9. The molecule has 1 aromatic heterocycles. The van der Waals surface area contributed by atoms with Gasteiger partial charge in [0.05, 0.1) is 5.01 Å². The number of hydrogen-bond donors (Lipinski definition) is 1. The molecule has 0 spiro atoms. The van der Waals surface area contributed by atoms with Crippen LogP contribution in [-0.2, 0) is 6.42 Å². The third kappa shape index (κ3) is 3.51. The number of rotatable bonds is 4. The van der Waals surface area contributed by atoms with Gasteiger partial charge in [0.15, 0.2) is 0 Å². The van der Waals surface area contributed by atoms with Crippen LogP contribution in [0, 0.1) is 0 Å². The average molecular weight is 268 g/mol. The van der Waals surface area contributed by atoms with Crippen molar-refractivity contribution in [2.45, 2.75) is 24.9 Å². The maximum Gasteiger partial charge on any atom is 0.0940 e. The van der Waals surface area contributed by atoms with E-state index in [9.17, 15) is 0 Å². The van der Waals surface area contributed by atoms with Crippen LogP contribution in [0.5, 0.6) is 0 Å². The highest BCUT2D eigenvalue weighted by Gasteiger charge is 2.28. The zero-order valence-corrected chi connectivity index (χ0v) is 12.4. The molecule has 1 aliphatic rings. The highest BCUT2D eigenvalue weighted by molar-refractivity contribution is 7.09. The van der Waals surface area contributed by atoms with E-state index < -0.39 is 0 Å². The van der Waals surface area contributed by atoms with Crippen molar-refractivity contribution < 1.29 is 0 Å². The molecule has 2 rings (SSSR count). The van der Waals surface area contributed by atoms with Gasteiger partial charge in [-0.25, -0.2) is 4.98 Å². The molecule has 1 aliphatic heterocycles. The largest absolute Gasteiger partial charge is 0.315 e. The third-order valence-electron chi connectivity index (χ3n) is 3.83. The molecule has 0 aromatic carbocycles. The summed E-state index contributed by atoms with van der Waals surface area (Å²) in [7, 11) is 6.54. The van der Waals surface area contributed by atoms with Gasteiger partial charge in [0.2, 0.25) is 0 Å². The minimum Gasteiger partial charge on any atom is -0.315 e. The lowest BCUT2D eigenvalue weighted by molar-refractivity contribution is 0.181. The first-order valence-corrected chi connectivity index (χ1v) is 7.53. The fourth-order valence-electron chi connectivity index (χ4n) is 2.71. The van der Waals surface area contributed by atoms with Crippen LogP contribution >= 0.6 is 11.3 Å². The Balaban J connectivity index is 2.04. The molecule has 4 nitrogen and oxygen atoms in total. The van der Waals surface area contributed by atoms with E-state index in [1.807, 2.05) is 6.20 Å². The Labute approximate surface area is 114 Å². The van der Waals surface area contributed by atoms with E-state index in [0.29, 0.717) is 12.1 Å². The van der Waals surface area contributed by atoms with Crippen molar-refractivity contribution in [1.82, 2.24) is 20.1 Å². The van der Waals surface area contributed by atoms with Crippen LogP contribution in [-0.4, -0.2) is 67.6 Å². The molecule has 0 aliphatic carbocycles. The lowest BCUT2D eigenvalue weighted by Crippen LogP contribution is -2.52. The molecule has 5 heteroatoms. The second kappa shape index (κ2) is 6.61. The molecular weight excluding hydrogens is 244 g/mol. The van der Waals surface area contributed by atoms with Crippen LogP contribution in [0.2, 0.25) is 0 Å². The van der Waals surface area contributed by atoms with E-state index >= 15 is 0 Å². The Morgan fingerprint density at radius 3 is 3.00 bits per heavy atom. The minimum atomic E-state index is 0.474. The molecule has 2 unspecified atom stereocenters. The van der Waals surface area contributed by atoms with Gasteiger partial charge in [-0.05, 0) is 40.7 Å². The smallest absolute Gasteiger partial charge is 0.0940 e. The predicted octanol–water partition coefficient (Wildman–Crippen LogP) is 0.909. The highest BCUT2D eigenvalue weighted by atomic mass is 32.1. The normalized spacial score (nSPS) is 24.9. The van der Waals surface area contributed by atoms with Crippen LogP contribution in [0.25, 0.3) is 0 Å². The molecule has 1 fully saturated rings. The molecule has 1 saturated heterocycles. The Kier molecular flexibility index (Phi) is 5.12. The molecule has 0 radical (unpaired) electrons. The number of hydrogen-bond acceptors (Lipinski definition) is 5. The molecule has 1 N–H and O–H groups in total. The van der Waals surface area contributed by atoms with Gasteiger partial charge in [-0.2, -0.15) is 0 Å². The van der Waals surface area contributed by atoms with E-state index in [2.05, 4.69) is 46.6 Å². The average Bonchev–Trinajstić information content (AvgIpc) is 2.80. The van der Waals surface area contributed by atoms with E-state index in [4.69, 9.17) is 0 Å². The van der Waals surface area contributed by atoms with Gasteiger partial charge in [-0.3, -0.25) is 0 Å². The molecular formula is C13H24N4S. The summed E-state index contributed by atoms with van der Waals surface area (Å²) in [5, 5.41) is 6.78. The summed E-state index contributed by atoms with van der Waals surface area (Å²) in [6.45, 7) is 3.52. The third-order valence-corrected chi connectivity index (χ3v) is 4.63. The zero-order chi connectivity index (χ0) is 13.0. The molecule has 0 amide bonds. The molecule has 1 aromatic rings. The summed E-state index contributed by atoms with van der Waals surface area (Å²) in [5.41, 5.74) is 0. The molecule has 2 heterocycles. The maximum atomic E-state index is 4.41. The van der Waals surface area contributed by atoms with Crippen LogP contribution in [0.15, 0.2) is 11.6 Å². The van der Waals surface area contributed by atoms with Gasteiger partial charge in [0.25, 0.3) is 0 Å². The van der Waals surface area contributed by atoms with Gasteiger partial charge < -0.3 is 15.1 Å². The van der Waals surface area contributed by atoms with Crippen molar-refractivity contribution in [2.75, 3.05) is 40.8 Å². The standard InChI is InChI=1S/C13H24N4S/c1-14-11(9-13-15-5-8-18-13)12-10-16(2)6-4-7-17(12)3/h5,8,11-12,14H,4,6-7,9-10H2,1-3H3. The summed E-state index contributed by atoms with van der Waals surface area (Å²) < 4.78 is 0. The number of nitrogens with zero attached hydrogens (tertiary/aromatic N) is 3. The predicted molar refractivity (Wildman–Crippen MR) is 77.2 cm³/mol. The summed E-state index contributed by atoms with van der Waals surface area (Å²) in [5.74, 6) is 0. The second-order valence-electron chi connectivity index (χ2n) is 5.19. The van der Waals surface area contributed by atoms with Crippen molar-refractivity contribution in [3.8, 4) is 0 Å². The summed E-state index contributed by atoms with van der Waals surface area (Å²) >= 11 is 1.75. The molecule has 2 atom stereocenters. The lowest BCUT2D eigenvalue weighted by Gasteiger charge is -2.34. The van der Waals surface area contributed by atoms with E-state index in [0.717, 1.165) is 13.0 Å². The van der Waals surface area contributed by atoms with Crippen molar-refractivity contribution in [2.24, 2.45) is 0 Å². The van der Waals surface area contributed by atoms with Crippen molar-refractivity contribution in [3.05, 3.63) is 16.6 Å². The fourth-order valence-corrected chi connectivity index (χ4v) is 3.39. The second-order valence-corrected chi connectivity index (χ2v) is 6.17. The lowest BCUT2D eigenvalue weighted by atomic mass is 10.0. The SMILES string of the molecule is CNC(Cc1nccs1)C1CN(C)CCCN1C. The van der Waals surface area contributed by atoms with Crippen molar-refractivity contribution in [3.63, 3.8) is 0 Å². The number of nitrogens with one attached hydrogen (secondary N) is 1. The van der Waals surface area contributed by atoms with Crippen LogP contribution in [0.3, 0.4) is 0 Å². The monoisotopic (exact) mass is 268 g/mol. The van der Waals surface area contributed by atoms with Crippen LogP contribution in [0.1, 0.15) is 11.4 Å². The minimum absolute atomic E-state index is 0.474. The first-order chi connectivity index (χ1) is 8.70. The van der Waals surface area contributed by atoms with Crippen LogP contribution in [0.4, 0.5) is 0 Å². The van der Waals surface area contributed by atoms with E-state index in [1.54, 1.807) is 11.3 Å². The summed E-state index contributed by atoms with van der Waals surface area (Å²) in [4.78, 5) is 9.36. The van der Waals surface area contributed by atoms with Crippen LogP contribution < -0.4 is 5.32 Å². The van der Waals surface area contributed by atoms with Crippen molar-refractivity contribution in [1.29, 1.82) is 0 Å². The quantitative estimate of drug-likeness (QED) is 0.879. The highest BCUT2D eigenvalue weighted by Crippen LogP contribution is 2.15. The van der Waals surface area contributed by atoms with E-state index in [-0.39, 0.29) is 0 Å². The maximum absolute atomic E-state index is 4.41. The number of aromatic nitrogens is 1. The Bertz CT molecular complexity index is 341. The zero-order valence-electron chi connectivity index (χ0n) is 11.6. The molecule has 0 saturated carbocycles. The van der Waals surface area contributed by atoms with Gasteiger partial charge >= 0.3 is 0 Å². The Hall–Kier alpha value is -0.490. The summed E-state index contributed by atoms with van der Waals surface area (Å²) in [6, 6.07) is 1.04. The molecule has 102 valence electrons. The Morgan fingerprint density at radius 1 is 1.50 bits per heavy atom. The van der Waals surface area contributed by atoms with E-state index in [1.165, 1.54) is 24.5 Å². The molecule has 0 bridgehead atoms. The number of likely N-dealkylation sites (N-methyl/N-ethyl adjacent to an activating group) is 3. The van der Waals surface area contributed by atoms with Gasteiger partial charge in [0.1, 0.15) is 0 Å². The van der Waals surface area contributed by atoms with Gasteiger partial charge in [-0.15, -0.1) is 11.3 Å². The van der Waals surface area contributed by atoms with Crippen molar-refractivity contribution >= 4 is 11.3 Å². The summed E-state index contributed by atoms with van der Waals surface area (Å²) in [6.07, 6.45) is 4.18. The number of thiazole rings is 1. The fraction of sp³-hybridized carbons (Fsp3) is 0.769. The molecule has 18 heavy (non-hydrogen) atoms. The van der Waals surface area contributed by atoms with Gasteiger partial charge in [0, 0.05) is 36.6 Å².